The van der Waals surface area contributed by atoms with Crippen molar-refractivity contribution < 1.29 is 13.6 Å². The van der Waals surface area contributed by atoms with Gasteiger partial charge in [-0.3, -0.25) is 9.48 Å². The van der Waals surface area contributed by atoms with Crippen molar-refractivity contribution >= 4 is 17.5 Å². The molecule has 1 heterocycles. The predicted molar refractivity (Wildman–Crippen MR) is 75.7 cm³/mol. The van der Waals surface area contributed by atoms with Gasteiger partial charge in [-0.05, 0) is 18.1 Å². The molecule has 0 aliphatic rings. The number of rotatable bonds is 5. The lowest BCUT2D eigenvalue weighted by atomic mass is 10.1. The summed E-state index contributed by atoms with van der Waals surface area (Å²) in [5, 5.41) is 6.81. The zero-order valence-electron chi connectivity index (χ0n) is 11.3. The lowest BCUT2D eigenvalue weighted by molar-refractivity contribution is 0.0939. The molecule has 4 nitrogen and oxygen atoms in total. The van der Waals surface area contributed by atoms with Gasteiger partial charge in [0.05, 0.1) is 5.56 Å². The first-order valence-corrected chi connectivity index (χ1v) is 6.70. The van der Waals surface area contributed by atoms with E-state index in [1.807, 2.05) is 18.2 Å². The second-order valence-electron chi connectivity index (χ2n) is 4.50. The third-order valence-corrected chi connectivity index (χ3v) is 3.32. The van der Waals surface area contributed by atoms with Gasteiger partial charge in [0.15, 0.2) is 0 Å². The maximum absolute atomic E-state index is 12.8. The van der Waals surface area contributed by atoms with Crippen LogP contribution in [0.15, 0.2) is 30.5 Å². The summed E-state index contributed by atoms with van der Waals surface area (Å²) in [5.74, 6) is -0.564. The summed E-state index contributed by atoms with van der Waals surface area (Å²) in [4.78, 5) is 11.9. The van der Waals surface area contributed by atoms with E-state index in [2.05, 4.69) is 10.4 Å². The summed E-state index contributed by atoms with van der Waals surface area (Å²) in [7, 11) is 1.49. The molecule has 0 atom stereocenters. The summed E-state index contributed by atoms with van der Waals surface area (Å²) in [5.41, 5.74) is 0.277. The van der Waals surface area contributed by atoms with Gasteiger partial charge in [-0.25, -0.2) is 8.78 Å². The monoisotopic (exact) mass is 313 g/mol. The predicted octanol–water partition coefficient (Wildman–Crippen LogP) is 2.98. The van der Waals surface area contributed by atoms with Crippen molar-refractivity contribution in [2.45, 2.75) is 12.8 Å². The third kappa shape index (κ3) is 3.78. The Hall–Kier alpha value is -1.95. The van der Waals surface area contributed by atoms with E-state index < -0.39 is 18.0 Å². The van der Waals surface area contributed by atoms with E-state index in [0.29, 0.717) is 18.0 Å². The maximum Gasteiger partial charge on any atom is 0.282 e. The highest BCUT2D eigenvalue weighted by Gasteiger charge is 2.22. The molecule has 112 valence electrons. The van der Waals surface area contributed by atoms with Crippen molar-refractivity contribution in [3.63, 3.8) is 0 Å². The number of aromatic nitrogens is 2. The van der Waals surface area contributed by atoms with Gasteiger partial charge in [0, 0.05) is 24.8 Å². The first-order chi connectivity index (χ1) is 9.99. The van der Waals surface area contributed by atoms with Crippen molar-refractivity contribution in [1.29, 1.82) is 0 Å². The Morgan fingerprint density at radius 2 is 2.14 bits per heavy atom. The molecule has 0 spiro atoms. The van der Waals surface area contributed by atoms with Gasteiger partial charge in [0.25, 0.3) is 12.3 Å². The minimum absolute atomic E-state index is 0.105. The van der Waals surface area contributed by atoms with Crippen LogP contribution in [0.1, 0.15) is 28.0 Å². The molecule has 1 N–H and O–H groups in total. The first kappa shape index (κ1) is 15.4. The highest BCUT2D eigenvalue weighted by Crippen LogP contribution is 2.21. The number of amides is 1. The number of hydrogen-bond donors (Lipinski definition) is 1. The summed E-state index contributed by atoms with van der Waals surface area (Å²) < 4.78 is 26.7. The van der Waals surface area contributed by atoms with Gasteiger partial charge >= 0.3 is 0 Å². The molecule has 0 fully saturated rings. The van der Waals surface area contributed by atoms with Crippen LogP contribution in [-0.4, -0.2) is 22.2 Å². The van der Waals surface area contributed by atoms with E-state index in [4.69, 9.17) is 11.6 Å². The molecular formula is C14H14ClF2N3O. The Labute approximate surface area is 125 Å². The normalized spacial score (nSPS) is 10.9. The second-order valence-corrected chi connectivity index (χ2v) is 4.91. The van der Waals surface area contributed by atoms with Crippen molar-refractivity contribution in [3.05, 3.63) is 52.3 Å². The van der Waals surface area contributed by atoms with Crippen molar-refractivity contribution in [2.75, 3.05) is 6.54 Å². The summed E-state index contributed by atoms with van der Waals surface area (Å²) >= 11 is 6.00. The minimum atomic E-state index is -2.78. The highest BCUT2D eigenvalue weighted by molar-refractivity contribution is 6.31. The zero-order chi connectivity index (χ0) is 15.4. The van der Waals surface area contributed by atoms with Crippen LogP contribution in [0.25, 0.3) is 0 Å². The minimum Gasteiger partial charge on any atom is -0.352 e. The fourth-order valence-corrected chi connectivity index (χ4v) is 2.18. The number of aryl methyl sites for hydroxylation is 1. The van der Waals surface area contributed by atoms with Crippen molar-refractivity contribution in [2.24, 2.45) is 7.05 Å². The Morgan fingerprint density at radius 1 is 1.43 bits per heavy atom. The van der Waals surface area contributed by atoms with Gasteiger partial charge in [-0.15, -0.1) is 0 Å². The van der Waals surface area contributed by atoms with Gasteiger partial charge < -0.3 is 5.32 Å². The van der Waals surface area contributed by atoms with Crippen LogP contribution in [0.5, 0.6) is 0 Å². The SMILES string of the molecule is Cn1cc(C(=O)NCCc2ccccc2Cl)c(C(F)F)n1. The highest BCUT2D eigenvalue weighted by atomic mass is 35.5. The zero-order valence-corrected chi connectivity index (χ0v) is 12.1. The number of benzene rings is 1. The van der Waals surface area contributed by atoms with E-state index in [1.54, 1.807) is 6.07 Å². The van der Waals surface area contributed by atoms with Crippen LogP contribution in [-0.2, 0) is 13.5 Å². The van der Waals surface area contributed by atoms with Crippen molar-refractivity contribution in [3.8, 4) is 0 Å². The van der Waals surface area contributed by atoms with Crippen molar-refractivity contribution in [1.82, 2.24) is 15.1 Å². The standard InChI is InChI=1S/C14H14ClF2N3O/c1-20-8-10(12(19-20)13(16)17)14(21)18-7-6-9-4-2-3-5-11(9)15/h2-5,8,13H,6-7H2,1H3,(H,18,21). The van der Waals surface area contributed by atoms with E-state index in [1.165, 1.54) is 17.9 Å². The molecule has 7 heteroatoms. The van der Waals surface area contributed by atoms with Crippen LogP contribution in [0.2, 0.25) is 5.02 Å². The molecule has 1 aromatic carbocycles. The lowest BCUT2D eigenvalue weighted by Gasteiger charge is -2.06. The van der Waals surface area contributed by atoms with Gasteiger partial charge in [-0.2, -0.15) is 5.10 Å². The number of nitrogens with one attached hydrogen (secondary N) is 1. The number of nitrogens with zero attached hydrogens (tertiary/aromatic N) is 2. The Balaban J connectivity index is 1.98. The molecule has 0 aliphatic heterocycles. The van der Waals surface area contributed by atoms with Gasteiger partial charge in [0.1, 0.15) is 5.69 Å². The summed E-state index contributed by atoms with van der Waals surface area (Å²) in [6.07, 6.45) is -0.974. The third-order valence-electron chi connectivity index (χ3n) is 2.95. The van der Waals surface area contributed by atoms with Crippen LogP contribution in [0, 0.1) is 0 Å². The van der Waals surface area contributed by atoms with Crippen LogP contribution >= 0.6 is 11.6 Å². The van der Waals surface area contributed by atoms with Gasteiger partial charge in [-0.1, -0.05) is 29.8 Å². The fraction of sp³-hybridized carbons (Fsp3) is 0.286. The number of halogens is 3. The summed E-state index contributed by atoms with van der Waals surface area (Å²) in [6, 6.07) is 7.27. The summed E-state index contributed by atoms with van der Waals surface area (Å²) in [6.45, 7) is 0.306. The molecule has 0 aliphatic carbocycles. The Bertz CT molecular complexity index is 643. The molecule has 21 heavy (non-hydrogen) atoms. The lowest BCUT2D eigenvalue weighted by Crippen LogP contribution is -2.26. The van der Waals surface area contributed by atoms with E-state index in [9.17, 15) is 13.6 Å². The molecule has 0 saturated heterocycles. The fourth-order valence-electron chi connectivity index (χ4n) is 1.95. The quantitative estimate of drug-likeness (QED) is 0.922. The number of alkyl halides is 2. The molecule has 0 radical (unpaired) electrons. The molecule has 0 saturated carbocycles. The average Bonchev–Trinajstić information content (AvgIpc) is 2.83. The molecule has 1 aromatic heterocycles. The average molecular weight is 314 g/mol. The number of carbonyl (C=O) groups excluding carboxylic acids is 1. The Kier molecular flexibility index (Phi) is 4.90. The molecule has 0 bridgehead atoms. The molecular weight excluding hydrogens is 300 g/mol. The van der Waals surface area contributed by atoms with Crippen LogP contribution in [0.3, 0.4) is 0 Å². The molecule has 2 aromatic rings. The maximum atomic E-state index is 12.8. The largest absolute Gasteiger partial charge is 0.352 e. The number of carbonyl (C=O) groups is 1. The smallest absolute Gasteiger partial charge is 0.282 e. The van der Waals surface area contributed by atoms with E-state index >= 15 is 0 Å². The topological polar surface area (TPSA) is 46.9 Å². The number of hydrogen-bond acceptors (Lipinski definition) is 2. The molecule has 0 unspecified atom stereocenters. The first-order valence-electron chi connectivity index (χ1n) is 6.32. The van der Waals surface area contributed by atoms with Crippen LogP contribution < -0.4 is 5.32 Å². The van der Waals surface area contributed by atoms with Crippen LogP contribution in [0.4, 0.5) is 8.78 Å². The van der Waals surface area contributed by atoms with Gasteiger partial charge in [0.2, 0.25) is 0 Å². The Morgan fingerprint density at radius 3 is 2.81 bits per heavy atom. The molecule has 2 rings (SSSR count). The second kappa shape index (κ2) is 6.67. The van der Waals surface area contributed by atoms with E-state index in [0.717, 1.165) is 5.56 Å². The van der Waals surface area contributed by atoms with E-state index in [-0.39, 0.29) is 5.56 Å². The molecule has 1 amide bonds.